The first-order valence-corrected chi connectivity index (χ1v) is 15.1. The smallest absolute Gasteiger partial charge is 0.315 e. The number of nitrogens with one attached hydrogen (secondary N) is 3. The first-order chi connectivity index (χ1) is 18.9. The summed E-state index contributed by atoms with van der Waals surface area (Å²) >= 11 is 1.92. The van der Waals surface area contributed by atoms with Crippen LogP contribution in [-0.4, -0.2) is 53.2 Å². The lowest BCUT2D eigenvalue weighted by atomic mass is 10.0. The number of amides is 3. The second-order valence-electron chi connectivity index (χ2n) is 10.2. The lowest BCUT2D eigenvalue weighted by Gasteiger charge is -2.16. The Labute approximate surface area is 235 Å². The van der Waals surface area contributed by atoms with E-state index in [1.54, 1.807) is 0 Å². The summed E-state index contributed by atoms with van der Waals surface area (Å²) in [5.41, 5.74) is 3.84. The van der Waals surface area contributed by atoms with Gasteiger partial charge >= 0.3 is 6.03 Å². The Morgan fingerprint density at radius 2 is 2.10 bits per heavy atom. The third kappa shape index (κ3) is 8.26. The molecule has 0 radical (unpaired) electrons. The summed E-state index contributed by atoms with van der Waals surface area (Å²) in [7, 11) is 0. The maximum absolute atomic E-state index is 12.1. The number of benzene rings is 1. The first kappa shape index (κ1) is 29.0. The highest BCUT2D eigenvalue weighted by Gasteiger charge is 2.42. The van der Waals surface area contributed by atoms with Gasteiger partial charge < -0.3 is 25.1 Å². The Kier molecular flexibility index (Phi) is 10.7. The van der Waals surface area contributed by atoms with Gasteiger partial charge in [-0.15, -0.1) is 0 Å². The fourth-order valence-electron chi connectivity index (χ4n) is 4.95. The largest absolute Gasteiger partial charge is 0.441 e. The number of carbonyl (C=O) groups is 2. The maximum Gasteiger partial charge on any atom is 0.315 e. The van der Waals surface area contributed by atoms with Gasteiger partial charge in [-0.05, 0) is 70.2 Å². The molecule has 2 fully saturated rings. The van der Waals surface area contributed by atoms with Crippen LogP contribution in [-0.2, 0) is 16.1 Å². The van der Waals surface area contributed by atoms with Crippen LogP contribution >= 0.6 is 11.8 Å². The Balaban J connectivity index is 1.08. The number of oxazole rings is 1. The van der Waals surface area contributed by atoms with Crippen molar-refractivity contribution in [1.29, 1.82) is 0 Å². The predicted molar refractivity (Wildman–Crippen MR) is 154 cm³/mol. The fourth-order valence-corrected chi connectivity index (χ4v) is 6.49. The van der Waals surface area contributed by atoms with Crippen molar-refractivity contribution in [1.82, 2.24) is 20.9 Å². The van der Waals surface area contributed by atoms with Crippen molar-refractivity contribution in [3.63, 3.8) is 0 Å². The van der Waals surface area contributed by atoms with Gasteiger partial charge in [0.05, 0.1) is 18.7 Å². The quantitative estimate of drug-likeness (QED) is 0.186. The average Bonchev–Trinajstić information content (AvgIpc) is 3.58. The van der Waals surface area contributed by atoms with Gasteiger partial charge in [-0.25, -0.2) is 9.78 Å². The summed E-state index contributed by atoms with van der Waals surface area (Å²) in [5.74, 6) is 8.99. The number of carbonyl (C=O) groups excluding carboxylic acids is 2. The van der Waals surface area contributed by atoms with Crippen LogP contribution < -0.4 is 16.0 Å². The minimum absolute atomic E-state index is 0.0454. The van der Waals surface area contributed by atoms with Gasteiger partial charge in [-0.2, -0.15) is 11.8 Å². The van der Waals surface area contributed by atoms with Crippen molar-refractivity contribution in [3.05, 3.63) is 40.8 Å². The van der Waals surface area contributed by atoms with E-state index in [0.717, 1.165) is 72.4 Å². The van der Waals surface area contributed by atoms with E-state index in [9.17, 15) is 9.59 Å². The molecule has 210 valence electrons. The SMILES string of the molecule is CCOCc1nc(-c2ccc(C#CCCCCNC(=O)CCCC[C@H]3SC[C@H]4NC(=O)N[C@H]43)cc2C)oc1C. The number of unbranched alkanes of at least 4 members (excludes halogenated alkanes) is 3. The van der Waals surface area contributed by atoms with Crippen molar-refractivity contribution >= 4 is 23.7 Å². The average molecular weight is 553 g/mol. The van der Waals surface area contributed by atoms with Crippen LogP contribution in [0.25, 0.3) is 11.5 Å². The minimum atomic E-state index is -0.0454. The molecule has 0 unspecified atom stereocenters. The summed E-state index contributed by atoms with van der Waals surface area (Å²) in [6.07, 6.45) is 6.15. The van der Waals surface area contributed by atoms with E-state index in [1.807, 2.05) is 44.7 Å². The second kappa shape index (κ2) is 14.4. The van der Waals surface area contributed by atoms with E-state index < -0.39 is 0 Å². The molecular weight excluding hydrogens is 512 g/mol. The van der Waals surface area contributed by atoms with Crippen LogP contribution in [0.1, 0.15) is 74.5 Å². The zero-order valence-electron chi connectivity index (χ0n) is 23.2. The number of urea groups is 1. The summed E-state index contributed by atoms with van der Waals surface area (Å²) < 4.78 is 11.3. The van der Waals surface area contributed by atoms with E-state index in [1.165, 1.54) is 0 Å². The first-order valence-electron chi connectivity index (χ1n) is 14.0. The Bertz CT molecular complexity index is 1200. The highest BCUT2D eigenvalue weighted by Crippen LogP contribution is 2.33. The number of thioether (sulfide) groups is 1. The number of hydrogen-bond acceptors (Lipinski definition) is 6. The van der Waals surface area contributed by atoms with Crippen LogP contribution in [0.4, 0.5) is 4.79 Å². The van der Waals surface area contributed by atoms with Crippen LogP contribution in [0.5, 0.6) is 0 Å². The molecule has 3 N–H and O–H groups in total. The molecular formula is C30H40N4O4S. The van der Waals surface area contributed by atoms with Crippen molar-refractivity contribution in [2.45, 2.75) is 89.7 Å². The number of nitrogens with zero attached hydrogens (tertiary/aromatic N) is 1. The second-order valence-corrected chi connectivity index (χ2v) is 11.4. The lowest BCUT2D eigenvalue weighted by Crippen LogP contribution is -2.36. The Hall–Kier alpha value is -2.96. The van der Waals surface area contributed by atoms with Gasteiger partial charge in [0.2, 0.25) is 11.8 Å². The molecule has 0 spiro atoms. The van der Waals surface area contributed by atoms with Crippen molar-refractivity contribution in [3.8, 4) is 23.3 Å². The monoisotopic (exact) mass is 552 g/mol. The van der Waals surface area contributed by atoms with Crippen molar-refractivity contribution in [2.24, 2.45) is 0 Å². The van der Waals surface area contributed by atoms with E-state index in [4.69, 9.17) is 9.15 Å². The molecule has 2 aliphatic rings. The summed E-state index contributed by atoms with van der Waals surface area (Å²) in [6, 6.07) is 6.54. The Morgan fingerprint density at radius 1 is 1.23 bits per heavy atom. The number of aromatic nitrogens is 1. The number of fused-ring (bicyclic) bond motifs is 1. The summed E-state index contributed by atoms with van der Waals surface area (Å²) in [5, 5.41) is 9.47. The fraction of sp³-hybridized carbons (Fsp3) is 0.567. The maximum atomic E-state index is 12.1. The number of hydrogen-bond donors (Lipinski definition) is 3. The van der Waals surface area contributed by atoms with Crippen LogP contribution in [0.2, 0.25) is 0 Å². The van der Waals surface area contributed by atoms with Gasteiger partial charge in [-0.1, -0.05) is 18.3 Å². The molecule has 4 rings (SSSR count). The molecule has 2 aliphatic heterocycles. The molecule has 3 amide bonds. The van der Waals surface area contributed by atoms with Crippen molar-refractivity contribution in [2.75, 3.05) is 18.9 Å². The predicted octanol–water partition coefficient (Wildman–Crippen LogP) is 4.86. The topological polar surface area (TPSA) is 105 Å². The molecule has 1 aromatic heterocycles. The summed E-state index contributed by atoms with van der Waals surface area (Å²) in [6.45, 7) is 7.71. The van der Waals surface area contributed by atoms with Gasteiger partial charge in [0.1, 0.15) is 11.5 Å². The molecule has 2 aromatic rings. The normalized spacial score (nSPS) is 19.7. The van der Waals surface area contributed by atoms with Gasteiger partial charge in [0, 0.05) is 48.1 Å². The molecule has 8 nitrogen and oxygen atoms in total. The summed E-state index contributed by atoms with van der Waals surface area (Å²) in [4.78, 5) is 28.2. The van der Waals surface area contributed by atoms with Gasteiger partial charge in [0.25, 0.3) is 0 Å². The molecule has 9 heteroatoms. The van der Waals surface area contributed by atoms with Gasteiger partial charge in [-0.3, -0.25) is 4.79 Å². The van der Waals surface area contributed by atoms with Gasteiger partial charge in [0.15, 0.2) is 0 Å². The highest BCUT2D eigenvalue weighted by atomic mass is 32.2. The van der Waals surface area contributed by atoms with E-state index in [-0.39, 0.29) is 24.0 Å². The molecule has 2 saturated heterocycles. The molecule has 1 aromatic carbocycles. The standard InChI is InChI=1S/C30H40N4O4S/c1-4-37-18-24-21(3)38-29(32-24)23-15-14-22(17-20(23)2)11-7-5-6-10-16-31-27(35)13-9-8-12-26-28-25(19-39-26)33-30(36)34-28/h14-15,17,25-26,28H,4-6,8-10,12-13,16,18-19H2,1-3H3,(H,31,35)(H2,33,34,36)/t25-,26-,28-/m1/s1. The van der Waals surface area contributed by atoms with Crippen LogP contribution in [0, 0.1) is 25.7 Å². The van der Waals surface area contributed by atoms with E-state index in [0.29, 0.717) is 37.3 Å². The van der Waals surface area contributed by atoms with Crippen LogP contribution in [0.15, 0.2) is 22.6 Å². The van der Waals surface area contributed by atoms with E-state index >= 15 is 0 Å². The molecule has 0 aliphatic carbocycles. The molecule has 3 heterocycles. The molecule has 0 saturated carbocycles. The third-order valence-corrected chi connectivity index (χ3v) is 8.67. The number of rotatable bonds is 13. The molecule has 3 atom stereocenters. The number of aryl methyl sites for hydroxylation is 2. The lowest BCUT2D eigenvalue weighted by molar-refractivity contribution is -0.121. The zero-order chi connectivity index (χ0) is 27.6. The number of ether oxygens (including phenoxy) is 1. The highest BCUT2D eigenvalue weighted by molar-refractivity contribution is 8.00. The molecule has 0 bridgehead atoms. The van der Waals surface area contributed by atoms with Crippen LogP contribution in [0.3, 0.4) is 0 Å². The van der Waals surface area contributed by atoms with E-state index in [2.05, 4.69) is 38.8 Å². The zero-order valence-corrected chi connectivity index (χ0v) is 24.0. The Morgan fingerprint density at radius 3 is 2.92 bits per heavy atom. The molecule has 39 heavy (non-hydrogen) atoms. The third-order valence-electron chi connectivity index (χ3n) is 7.16. The van der Waals surface area contributed by atoms with Crippen molar-refractivity contribution < 1.29 is 18.7 Å². The minimum Gasteiger partial charge on any atom is -0.441 e.